The molecule has 1 aliphatic rings. The van der Waals surface area contributed by atoms with Crippen LogP contribution in [0.3, 0.4) is 0 Å². The summed E-state index contributed by atoms with van der Waals surface area (Å²) in [5.41, 5.74) is -0.786. The van der Waals surface area contributed by atoms with Crippen LogP contribution in [0.5, 0.6) is 11.5 Å². The van der Waals surface area contributed by atoms with Crippen LogP contribution in [0.25, 0.3) is 0 Å². The van der Waals surface area contributed by atoms with Gasteiger partial charge >= 0.3 is 5.97 Å². The number of hydrogen-bond donors (Lipinski definition) is 4. The number of carbonyl (C=O) groups excluding carboxylic acids is 2. The second-order valence-electron chi connectivity index (χ2n) is 5.32. The molecule has 1 amide bonds. The fraction of sp³-hybridized carbons (Fsp3) is 0.235. The third-order valence-electron chi connectivity index (χ3n) is 3.60. The first kappa shape index (κ1) is 17.3. The van der Waals surface area contributed by atoms with Crippen molar-refractivity contribution in [1.82, 2.24) is 0 Å². The molecule has 0 bridgehead atoms. The third-order valence-corrected chi connectivity index (χ3v) is 3.60. The first-order valence-electron chi connectivity index (χ1n) is 7.36. The van der Waals surface area contributed by atoms with Crippen molar-refractivity contribution in [2.45, 2.75) is 19.3 Å². The fourth-order valence-electron chi connectivity index (χ4n) is 2.31. The number of hydrogen-bond acceptors (Lipinski definition) is 5. The summed E-state index contributed by atoms with van der Waals surface area (Å²) in [5.74, 6) is -3.31. The predicted molar refractivity (Wildman–Crippen MR) is 86.0 cm³/mol. The lowest BCUT2D eigenvalue weighted by Crippen LogP contribution is -2.14. The summed E-state index contributed by atoms with van der Waals surface area (Å²) >= 11 is 0. The molecule has 0 saturated heterocycles. The Bertz CT molecular complexity index is 723. The Morgan fingerprint density at radius 1 is 1.04 bits per heavy atom. The van der Waals surface area contributed by atoms with E-state index < -0.39 is 28.9 Å². The molecule has 2 rings (SSSR count). The molecule has 0 aliphatic heterocycles. The molecule has 0 spiro atoms. The molecular formula is C17H17NO6. The van der Waals surface area contributed by atoms with Gasteiger partial charge in [0.2, 0.25) is 5.91 Å². The van der Waals surface area contributed by atoms with Gasteiger partial charge in [0.05, 0.1) is 5.92 Å². The van der Waals surface area contributed by atoms with E-state index in [0.717, 1.165) is 12.1 Å². The number of rotatable bonds is 7. The van der Waals surface area contributed by atoms with E-state index in [1.165, 1.54) is 0 Å². The maximum Gasteiger partial charge on any atom is 0.339 e. The molecule has 0 atom stereocenters. The summed E-state index contributed by atoms with van der Waals surface area (Å²) in [7, 11) is 0. The van der Waals surface area contributed by atoms with Gasteiger partial charge in [0, 0.05) is 12.8 Å². The Morgan fingerprint density at radius 3 is 2.33 bits per heavy atom. The third kappa shape index (κ3) is 4.01. The van der Waals surface area contributed by atoms with Gasteiger partial charge in [0.15, 0.2) is 5.75 Å². The molecule has 1 aromatic carbocycles. The standard InChI is InChI=1S/C17H17NO6/c19-12(10-4-1-2-5-10)6-3-7-14(21)18-15-13(20)9-8-11(16(15)22)17(23)24/h1-2,4-5,8-10,20,22H,3,6-7H2,(H,18,21)(H,23,24). The number of carbonyl (C=O) groups is 3. The molecule has 0 aromatic heterocycles. The zero-order valence-electron chi connectivity index (χ0n) is 12.7. The quantitative estimate of drug-likeness (QED) is 0.568. The lowest BCUT2D eigenvalue weighted by molar-refractivity contribution is -0.120. The van der Waals surface area contributed by atoms with Crippen LogP contribution in [-0.2, 0) is 9.59 Å². The normalized spacial score (nSPS) is 13.2. The van der Waals surface area contributed by atoms with Crippen molar-refractivity contribution < 1.29 is 29.7 Å². The molecule has 7 heteroatoms. The topological polar surface area (TPSA) is 124 Å². The predicted octanol–water partition coefficient (Wildman–Crippen LogP) is 2.22. The first-order valence-corrected chi connectivity index (χ1v) is 7.36. The van der Waals surface area contributed by atoms with Crippen molar-refractivity contribution in [3.8, 4) is 11.5 Å². The van der Waals surface area contributed by atoms with Crippen LogP contribution in [0.2, 0.25) is 0 Å². The van der Waals surface area contributed by atoms with E-state index in [2.05, 4.69) is 5.32 Å². The van der Waals surface area contributed by atoms with Gasteiger partial charge in [0.1, 0.15) is 22.8 Å². The lowest BCUT2D eigenvalue weighted by Gasteiger charge is -2.11. The Labute approximate surface area is 137 Å². The summed E-state index contributed by atoms with van der Waals surface area (Å²) in [5, 5.41) is 30.7. The number of amides is 1. The Hall–Kier alpha value is -3.09. The Morgan fingerprint density at radius 2 is 1.71 bits per heavy atom. The number of anilines is 1. The number of phenols is 2. The summed E-state index contributed by atoms with van der Waals surface area (Å²) in [6, 6.07) is 2.10. The highest BCUT2D eigenvalue weighted by atomic mass is 16.4. The number of Topliss-reactive ketones (excluding diaryl/α,β-unsaturated/α-hetero) is 1. The lowest BCUT2D eigenvalue weighted by atomic mass is 10.0. The average Bonchev–Trinajstić information content (AvgIpc) is 3.05. The van der Waals surface area contributed by atoms with E-state index in [1.807, 2.05) is 0 Å². The molecule has 1 aliphatic carbocycles. The van der Waals surface area contributed by atoms with E-state index in [0.29, 0.717) is 6.42 Å². The van der Waals surface area contributed by atoms with Gasteiger partial charge in [-0.2, -0.15) is 0 Å². The van der Waals surface area contributed by atoms with Crippen LogP contribution in [0.1, 0.15) is 29.6 Å². The molecular weight excluding hydrogens is 314 g/mol. The minimum Gasteiger partial charge on any atom is -0.506 e. The number of aromatic carboxylic acids is 1. The zero-order valence-corrected chi connectivity index (χ0v) is 12.7. The molecule has 0 unspecified atom stereocenters. The van der Waals surface area contributed by atoms with E-state index in [1.54, 1.807) is 24.3 Å². The van der Waals surface area contributed by atoms with Crippen molar-refractivity contribution in [3.05, 3.63) is 42.0 Å². The highest BCUT2D eigenvalue weighted by Gasteiger charge is 2.19. The van der Waals surface area contributed by atoms with Gasteiger partial charge in [-0.15, -0.1) is 0 Å². The number of aromatic hydroxyl groups is 2. The van der Waals surface area contributed by atoms with Crippen LogP contribution in [0.15, 0.2) is 36.4 Å². The maximum atomic E-state index is 11.9. The molecule has 0 heterocycles. The van der Waals surface area contributed by atoms with E-state index in [9.17, 15) is 24.6 Å². The zero-order chi connectivity index (χ0) is 17.7. The molecule has 0 saturated carbocycles. The van der Waals surface area contributed by atoms with Gasteiger partial charge in [-0.1, -0.05) is 24.3 Å². The summed E-state index contributed by atoms with van der Waals surface area (Å²) in [6.07, 6.45) is 7.66. The fourth-order valence-corrected chi connectivity index (χ4v) is 2.31. The molecule has 4 N–H and O–H groups in total. The largest absolute Gasteiger partial charge is 0.506 e. The Kier molecular flexibility index (Phi) is 5.36. The highest BCUT2D eigenvalue weighted by Crippen LogP contribution is 2.36. The van der Waals surface area contributed by atoms with Gasteiger partial charge in [-0.25, -0.2) is 4.79 Å². The van der Waals surface area contributed by atoms with Crippen molar-refractivity contribution in [3.63, 3.8) is 0 Å². The van der Waals surface area contributed by atoms with Crippen LogP contribution in [0.4, 0.5) is 5.69 Å². The maximum absolute atomic E-state index is 11.9. The monoisotopic (exact) mass is 331 g/mol. The van der Waals surface area contributed by atoms with Gasteiger partial charge < -0.3 is 20.6 Å². The molecule has 126 valence electrons. The number of nitrogens with one attached hydrogen (secondary N) is 1. The Balaban J connectivity index is 1.91. The van der Waals surface area contributed by atoms with Crippen LogP contribution < -0.4 is 5.32 Å². The highest BCUT2D eigenvalue weighted by molar-refractivity contribution is 5.99. The molecule has 0 radical (unpaired) electrons. The van der Waals surface area contributed by atoms with E-state index >= 15 is 0 Å². The second kappa shape index (κ2) is 7.45. The van der Waals surface area contributed by atoms with Gasteiger partial charge in [-0.3, -0.25) is 9.59 Å². The SMILES string of the molecule is O=C(CCCC(=O)C1C=CC=C1)Nc1c(O)ccc(C(=O)O)c1O. The first-order chi connectivity index (χ1) is 11.4. The number of carboxylic acid groups (broad SMARTS) is 1. The van der Waals surface area contributed by atoms with Crippen molar-refractivity contribution in [2.75, 3.05) is 5.32 Å². The molecule has 24 heavy (non-hydrogen) atoms. The molecule has 7 nitrogen and oxygen atoms in total. The minimum atomic E-state index is -1.38. The minimum absolute atomic E-state index is 0.00205. The smallest absolute Gasteiger partial charge is 0.339 e. The van der Waals surface area contributed by atoms with Crippen LogP contribution in [-0.4, -0.2) is 33.0 Å². The molecule has 0 fully saturated rings. The molecule has 1 aromatic rings. The van der Waals surface area contributed by atoms with Crippen molar-refractivity contribution in [2.24, 2.45) is 5.92 Å². The van der Waals surface area contributed by atoms with E-state index in [-0.39, 0.29) is 30.2 Å². The number of carboxylic acids is 1. The van der Waals surface area contributed by atoms with Crippen LogP contribution >= 0.6 is 0 Å². The number of ketones is 1. The van der Waals surface area contributed by atoms with Gasteiger partial charge in [-0.05, 0) is 18.6 Å². The summed E-state index contributed by atoms with van der Waals surface area (Å²) in [6.45, 7) is 0. The average molecular weight is 331 g/mol. The van der Waals surface area contributed by atoms with Crippen molar-refractivity contribution >= 4 is 23.3 Å². The number of phenolic OH excluding ortho intramolecular Hbond substituents is 1. The summed E-state index contributed by atoms with van der Waals surface area (Å²) < 4.78 is 0. The van der Waals surface area contributed by atoms with E-state index in [4.69, 9.17) is 5.11 Å². The van der Waals surface area contributed by atoms with Gasteiger partial charge in [0.25, 0.3) is 0 Å². The van der Waals surface area contributed by atoms with Crippen molar-refractivity contribution in [1.29, 1.82) is 0 Å². The summed E-state index contributed by atoms with van der Waals surface area (Å²) in [4.78, 5) is 34.7. The number of benzene rings is 1. The number of allylic oxidation sites excluding steroid dienone is 4. The van der Waals surface area contributed by atoms with Crippen LogP contribution in [0, 0.1) is 5.92 Å². The second-order valence-corrected chi connectivity index (χ2v) is 5.32.